The summed E-state index contributed by atoms with van der Waals surface area (Å²) < 4.78 is 12.4. The van der Waals surface area contributed by atoms with Crippen LogP contribution in [0.15, 0.2) is 54.6 Å². The van der Waals surface area contributed by atoms with Crippen molar-refractivity contribution in [3.8, 4) is 5.75 Å². The number of rotatable bonds is 3. The van der Waals surface area contributed by atoms with Crippen molar-refractivity contribution in [3.63, 3.8) is 0 Å². The van der Waals surface area contributed by atoms with Gasteiger partial charge >= 0.3 is 7.12 Å². The molecular weight excluding hydrogens is 275 g/mol. The van der Waals surface area contributed by atoms with Gasteiger partial charge in [-0.1, -0.05) is 48.5 Å². The normalized spacial score (nSPS) is 23.7. The van der Waals surface area contributed by atoms with Gasteiger partial charge in [0.15, 0.2) is 0 Å². The average molecular weight is 296 g/mol. The average Bonchev–Trinajstić information content (AvgIpc) is 2.73. The summed E-state index contributed by atoms with van der Waals surface area (Å²) in [4.78, 5) is 0. The second-order valence-electron chi connectivity index (χ2n) is 6.52. The molecular formula is C18H21BO3. The maximum atomic E-state index is 10.0. The van der Waals surface area contributed by atoms with Crippen LogP contribution in [-0.2, 0) is 15.7 Å². The van der Waals surface area contributed by atoms with E-state index in [2.05, 4.69) is 0 Å². The predicted molar refractivity (Wildman–Crippen MR) is 88.3 cm³/mol. The highest BCUT2D eigenvalue weighted by atomic mass is 16.7. The third kappa shape index (κ3) is 2.64. The van der Waals surface area contributed by atoms with E-state index >= 15 is 0 Å². The number of hydrogen-bond acceptors (Lipinski definition) is 3. The van der Waals surface area contributed by atoms with E-state index in [9.17, 15) is 5.11 Å². The number of benzene rings is 2. The summed E-state index contributed by atoms with van der Waals surface area (Å²) in [5.74, 6) is 0.297. The van der Waals surface area contributed by atoms with Crippen molar-refractivity contribution in [3.05, 3.63) is 60.2 Å². The number of hydrogen-bond donors (Lipinski definition) is 1. The molecule has 22 heavy (non-hydrogen) atoms. The van der Waals surface area contributed by atoms with Gasteiger partial charge in [0.05, 0.1) is 11.2 Å². The Kier molecular flexibility index (Phi) is 3.75. The third-order valence-electron chi connectivity index (χ3n) is 4.63. The molecule has 114 valence electrons. The molecule has 1 N–H and O–H groups in total. The first kappa shape index (κ1) is 15.1. The van der Waals surface area contributed by atoms with Crippen LogP contribution in [0.5, 0.6) is 5.75 Å². The minimum Gasteiger partial charge on any atom is -0.508 e. The summed E-state index contributed by atoms with van der Waals surface area (Å²) in [6.45, 7) is 6.12. The van der Waals surface area contributed by atoms with Gasteiger partial charge in [-0.3, -0.25) is 0 Å². The zero-order valence-corrected chi connectivity index (χ0v) is 13.2. The monoisotopic (exact) mass is 296 g/mol. The van der Waals surface area contributed by atoms with Gasteiger partial charge < -0.3 is 14.4 Å². The molecule has 0 aliphatic carbocycles. The Labute approximate surface area is 132 Å². The first-order valence-corrected chi connectivity index (χ1v) is 7.59. The topological polar surface area (TPSA) is 38.7 Å². The molecule has 0 radical (unpaired) electrons. The van der Waals surface area contributed by atoms with E-state index < -0.39 is 11.2 Å². The minimum atomic E-state index is -0.521. The SMILES string of the molecule is CC1(C)OB(c2ccccc2)OC1(C)Cc1ccccc1O. The maximum Gasteiger partial charge on any atom is 0.494 e. The van der Waals surface area contributed by atoms with Gasteiger partial charge in [-0.25, -0.2) is 0 Å². The van der Waals surface area contributed by atoms with Gasteiger partial charge in [0.2, 0.25) is 0 Å². The van der Waals surface area contributed by atoms with E-state index in [-0.39, 0.29) is 7.12 Å². The summed E-state index contributed by atoms with van der Waals surface area (Å²) in [5, 5.41) is 10.0. The Morgan fingerprint density at radius 2 is 1.55 bits per heavy atom. The van der Waals surface area contributed by atoms with Crippen molar-refractivity contribution in [2.75, 3.05) is 0 Å². The molecule has 2 aromatic carbocycles. The zero-order valence-electron chi connectivity index (χ0n) is 13.2. The standard InChI is InChI=1S/C18H21BO3/c1-17(2)18(3,13-14-9-7-8-12-16(14)20)22-19(21-17)15-10-5-4-6-11-15/h4-12,20H,13H2,1-3H3. The highest BCUT2D eigenvalue weighted by Crippen LogP contribution is 2.40. The molecule has 0 bridgehead atoms. The van der Waals surface area contributed by atoms with Gasteiger partial charge in [-0.15, -0.1) is 0 Å². The van der Waals surface area contributed by atoms with Crippen LogP contribution in [0.1, 0.15) is 26.3 Å². The van der Waals surface area contributed by atoms with Gasteiger partial charge in [0.25, 0.3) is 0 Å². The highest BCUT2D eigenvalue weighted by Gasteiger charge is 2.54. The Hall–Kier alpha value is -1.78. The van der Waals surface area contributed by atoms with E-state index in [1.807, 2.05) is 69.3 Å². The number of phenols is 1. The van der Waals surface area contributed by atoms with Crippen molar-refractivity contribution in [2.24, 2.45) is 0 Å². The van der Waals surface area contributed by atoms with Crippen LogP contribution in [0.3, 0.4) is 0 Å². The first-order chi connectivity index (χ1) is 10.4. The van der Waals surface area contributed by atoms with Crippen LogP contribution in [0.4, 0.5) is 0 Å². The minimum absolute atomic E-state index is 0.297. The van der Waals surface area contributed by atoms with Gasteiger partial charge in [0.1, 0.15) is 5.75 Å². The molecule has 0 spiro atoms. The number of aromatic hydroxyl groups is 1. The maximum absolute atomic E-state index is 10.0. The second-order valence-corrected chi connectivity index (χ2v) is 6.52. The molecule has 3 nitrogen and oxygen atoms in total. The van der Waals surface area contributed by atoms with Crippen LogP contribution in [0.2, 0.25) is 0 Å². The van der Waals surface area contributed by atoms with Crippen LogP contribution in [0, 0.1) is 0 Å². The first-order valence-electron chi connectivity index (χ1n) is 7.59. The van der Waals surface area contributed by atoms with Crippen LogP contribution in [-0.4, -0.2) is 23.4 Å². The van der Waals surface area contributed by atoms with Crippen LogP contribution >= 0.6 is 0 Å². The molecule has 0 saturated carbocycles. The smallest absolute Gasteiger partial charge is 0.494 e. The van der Waals surface area contributed by atoms with Crippen molar-refractivity contribution < 1.29 is 14.4 Å². The van der Waals surface area contributed by atoms with Gasteiger partial charge in [-0.05, 0) is 37.9 Å². The molecule has 2 aromatic rings. The molecule has 1 saturated heterocycles. The summed E-state index contributed by atoms with van der Waals surface area (Å²) in [5.41, 5.74) is 0.897. The fourth-order valence-electron chi connectivity index (χ4n) is 2.82. The molecule has 0 aromatic heterocycles. The number of para-hydroxylation sites is 1. The van der Waals surface area contributed by atoms with Crippen molar-refractivity contribution in [2.45, 2.75) is 38.4 Å². The Morgan fingerprint density at radius 1 is 0.909 bits per heavy atom. The van der Waals surface area contributed by atoms with E-state index in [1.54, 1.807) is 6.07 Å². The van der Waals surface area contributed by atoms with Crippen molar-refractivity contribution >= 4 is 12.6 Å². The number of phenolic OH excluding ortho intramolecular Hbond substituents is 1. The van der Waals surface area contributed by atoms with Crippen LogP contribution < -0.4 is 5.46 Å². The molecule has 1 aliphatic rings. The summed E-state index contributed by atoms with van der Waals surface area (Å²) >= 11 is 0. The van der Waals surface area contributed by atoms with Crippen molar-refractivity contribution in [1.29, 1.82) is 0 Å². The lowest BCUT2D eigenvalue weighted by atomic mass is 9.79. The Balaban J connectivity index is 1.88. The third-order valence-corrected chi connectivity index (χ3v) is 4.63. The quantitative estimate of drug-likeness (QED) is 0.885. The van der Waals surface area contributed by atoms with Gasteiger partial charge in [0, 0.05) is 6.42 Å². The van der Waals surface area contributed by atoms with Crippen molar-refractivity contribution in [1.82, 2.24) is 0 Å². The molecule has 1 aliphatic heterocycles. The molecule has 4 heteroatoms. The lowest BCUT2D eigenvalue weighted by molar-refractivity contribution is -0.00909. The molecule has 1 atom stereocenters. The van der Waals surface area contributed by atoms with E-state index in [0.29, 0.717) is 12.2 Å². The highest BCUT2D eigenvalue weighted by molar-refractivity contribution is 6.62. The Morgan fingerprint density at radius 3 is 2.23 bits per heavy atom. The predicted octanol–water partition coefficient (Wildman–Crippen LogP) is 2.91. The fraction of sp³-hybridized carbons (Fsp3) is 0.333. The zero-order chi connectivity index (χ0) is 15.8. The van der Waals surface area contributed by atoms with E-state index in [1.165, 1.54) is 0 Å². The van der Waals surface area contributed by atoms with Crippen LogP contribution in [0.25, 0.3) is 0 Å². The molecule has 1 heterocycles. The molecule has 1 fully saturated rings. The summed E-state index contributed by atoms with van der Waals surface area (Å²) in [6.07, 6.45) is 0.593. The van der Waals surface area contributed by atoms with Gasteiger partial charge in [-0.2, -0.15) is 0 Å². The van der Waals surface area contributed by atoms with E-state index in [0.717, 1.165) is 11.0 Å². The Bertz CT molecular complexity index is 656. The largest absolute Gasteiger partial charge is 0.508 e. The molecule has 0 amide bonds. The summed E-state index contributed by atoms with van der Waals surface area (Å²) in [6, 6.07) is 17.3. The fourth-order valence-corrected chi connectivity index (χ4v) is 2.82. The lowest BCUT2D eigenvalue weighted by Crippen LogP contribution is -2.46. The van der Waals surface area contributed by atoms with E-state index in [4.69, 9.17) is 9.31 Å². The molecule has 1 unspecified atom stereocenters. The summed E-state index contributed by atoms with van der Waals surface area (Å²) in [7, 11) is -0.382. The lowest BCUT2D eigenvalue weighted by Gasteiger charge is -2.36. The molecule has 3 rings (SSSR count). The second kappa shape index (κ2) is 5.45.